The largest absolute Gasteiger partial charge is 0.483 e. The van der Waals surface area contributed by atoms with E-state index in [4.69, 9.17) is 21.5 Å². The van der Waals surface area contributed by atoms with Gasteiger partial charge in [0.05, 0.1) is 4.34 Å². The van der Waals surface area contributed by atoms with E-state index < -0.39 is 0 Å². The number of pyridine rings is 1. The van der Waals surface area contributed by atoms with E-state index in [9.17, 15) is 4.79 Å². The van der Waals surface area contributed by atoms with Crippen LogP contribution < -0.4 is 0 Å². The molecule has 3 heterocycles. The predicted octanol–water partition coefficient (Wildman–Crippen LogP) is 3.16. The second-order valence-corrected chi connectivity index (χ2v) is 7.98. The van der Waals surface area contributed by atoms with Gasteiger partial charge in [0.25, 0.3) is 6.47 Å². The van der Waals surface area contributed by atoms with Crippen molar-refractivity contribution in [1.82, 2.24) is 14.8 Å². The molecule has 0 bridgehead atoms. The van der Waals surface area contributed by atoms with E-state index in [2.05, 4.69) is 16.0 Å². The predicted molar refractivity (Wildman–Crippen MR) is 107 cm³/mol. The van der Waals surface area contributed by atoms with E-state index in [1.165, 1.54) is 10.4 Å². The van der Waals surface area contributed by atoms with Crippen molar-refractivity contribution < 1.29 is 14.7 Å². The summed E-state index contributed by atoms with van der Waals surface area (Å²) in [4.78, 5) is 30.6. The monoisotopic (exact) mass is 409 g/mol. The van der Waals surface area contributed by atoms with Crippen LogP contribution in [0.3, 0.4) is 0 Å². The molecule has 0 radical (unpaired) electrons. The standard InChI is InChI=1S/C18H22ClN3OS.CH2O2/c19-17-4-3-16(24-17)14-21-10-1-11-22(13-12-21)18(23)5-2-15-6-8-20-9-7-15;2-1-3/h3-4,6-9H,1-2,5,10-14H2;1H,(H,2,3). The second-order valence-electron chi connectivity index (χ2n) is 6.18. The Bertz CT molecular complexity index is 711. The van der Waals surface area contributed by atoms with Gasteiger partial charge >= 0.3 is 0 Å². The third kappa shape index (κ3) is 7.66. The number of aryl methyl sites for hydroxylation is 1. The Labute approximate surface area is 168 Å². The summed E-state index contributed by atoms with van der Waals surface area (Å²) < 4.78 is 0.840. The lowest BCUT2D eigenvalue weighted by molar-refractivity contribution is -0.131. The molecule has 1 aliphatic rings. The Kier molecular flexibility index (Phi) is 9.24. The lowest BCUT2D eigenvalue weighted by atomic mass is 10.1. The lowest BCUT2D eigenvalue weighted by Crippen LogP contribution is -2.35. The minimum atomic E-state index is -0.250. The zero-order valence-electron chi connectivity index (χ0n) is 15.1. The van der Waals surface area contributed by atoms with Crippen molar-refractivity contribution in [2.24, 2.45) is 0 Å². The van der Waals surface area contributed by atoms with Crippen molar-refractivity contribution in [3.63, 3.8) is 0 Å². The van der Waals surface area contributed by atoms with Gasteiger partial charge in [0.2, 0.25) is 5.91 Å². The molecule has 2 aromatic heterocycles. The minimum Gasteiger partial charge on any atom is -0.483 e. The fourth-order valence-electron chi connectivity index (χ4n) is 2.99. The van der Waals surface area contributed by atoms with E-state index in [0.717, 1.165) is 49.9 Å². The smallest absolute Gasteiger partial charge is 0.290 e. The van der Waals surface area contributed by atoms with Gasteiger partial charge in [-0.1, -0.05) is 11.6 Å². The average Bonchev–Trinajstić information content (AvgIpc) is 2.93. The van der Waals surface area contributed by atoms with Gasteiger partial charge in [-0.3, -0.25) is 19.5 Å². The van der Waals surface area contributed by atoms with Crippen molar-refractivity contribution >= 4 is 35.3 Å². The molecule has 1 amide bonds. The summed E-state index contributed by atoms with van der Waals surface area (Å²) >= 11 is 7.64. The zero-order chi connectivity index (χ0) is 19.5. The zero-order valence-corrected chi connectivity index (χ0v) is 16.7. The van der Waals surface area contributed by atoms with Crippen molar-refractivity contribution in [3.05, 3.63) is 51.4 Å². The lowest BCUT2D eigenvalue weighted by Gasteiger charge is -2.21. The number of carbonyl (C=O) groups is 2. The maximum absolute atomic E-state index is 12.5. The molecule has 1 N–H and O–H groups in total. The normalized spacial score (nSPS) is 14.8. The summed E-state index contributed by atoms with van der Waals surface area (Å²) in [6.07, 6.45) is 5.95. The van der Waals surface area contributed by atoms with Gasteiger partial charge in [-0.15, -0.1) is 11.3 Å². The fraction of sp³-hybridized carbons (Fsp3) is 0.421. The molecule has 2 aromatic rings. The van der Waals surface area contributed by atoms with Gasteiger partial charge in [-0.25, -0.2) is 0 Å². The molecule has 1 aliphatic heterocycles. The van der Waals surface area contributed by atoms with Crippen LogP contribution in [-0.4, -0.2) is 58.4 Å². The van der Waals surface area contributed by atoms with E-state index in [-0.39, 0.29) is 12.4 Å². The highest BCUT2D eigenvalue weighted by Crippen LogP contribution is 2.23. The molecule has 1 fully saturated rings. The maximum Gasteiger partial charge on any atom is 0.290 e. The van der Waals surface area contributed by atoms with Gasteiger partial charge in [0, 0.05) is 56.4 Å². The van der Waals surface area contributed by atoms with Crippen LogP contribution >= 0.6 is 22.9 Å². The van der Waals surface area contributed by atoms with Crippen LogP contribution in [-0.2, 0) is 22.6 Å². The molecular formula is C19H24ClN3O3S. The number of nitrogens with zero attached hydrogens (tertiary/aromatic N) is 3. The summed E-state index contributed by atoms with van der Waals surface area (Å²) in [6, 6.07) is 8.00. The highest BCUT2D eigenvalue weighted by Gasteiger charge is 2.19. The number of rotatable bonds is 5. The molecule has 0 unspecified atom stereocenters. The Morgan fingerprint density at radius 3 is 2.59 bits per heavy atom. The first kappa shape index (κ1) is 21.3. The Hall–Kier alpha value is -1.96. The summed E-state index contributed by atoms with van der Waals surface area (Å²) in [5.74, 6) is 0.257. The number of halogens is 1. The van der Waals surface area contributed by atoms with Crippen LogP contribution in [0.25, 0.3) is 0 Å². The number of hydrogen-bond acceptors (Lipinski definition) is 5. The highest BCUT2D eigenvalue weighted by atomic mass is 35.5. The van der Waals surface area contributed by atoms with E-state index in [1.54, 1.807) is 23.7 Å². The van der Waals surface area contributed by atoms with Crippen molar-refractivity contribution in [3.8, 4) is 0 Å². The van der Waals surface area contributed by atoms with Gasteiger partial charge in [0.1, 0.15) is 0 Å². The van der Waals surface area contributed by atoms with Crippen LogP contribution in [0.15, 0.2) is 36.7 Å². The van der Waals surface area contributed by atoms with Gasteiger partial charge < -0.3 is 10.0 Å². The van der Waals surface area contributed by atoms with E-state index in [0.29, 0.717) is 6.42 Å². The molecule has 27 heavy (non-hydrogen) atoms. The molecule has 0 aliphatic carbocycles. The summed E-state index contributed by atoms with van der Waals surface area (Å²) in [7, 11) is 0. The first-order valence-corrected chi connectivity index (χ1v) is 10.0. The summed E-state index contributed by atoms with van der Waals surface area (Å²) in [5, 5.41) is 6.89. The molecule has 6 nitrogen and oxygen atoms in total. The number of aromatic nitrogens is 1. The van der Waals surface area contributed by atoms with Crippen molar-refractivity contribution in [2.45, 2.75) is 25.8 Å². The number of hydrogen-bond donors (Lipinski definition) is 1. The SMILES string of the molecule is O=C(CCc1ccncc1)N1CCCN(Cc2ccc(Cl)s2)CC1.O=CO. The topological polar surface area (TPSA) is 73.7 Å². The summed E-state index contributed by atoms with van der Waals surface area (Å²) in [5.41, 5.74) is 1.17. The maximum atomic E-state index is 12.5. The molecule has 8 heteroatoms. The van der Waals surface area contributed by atoms with Crippen LogP contribution in [0.5, 0.6) is 0 Å². The van der Waals surface area contributed by atoms with Crippen molar-refractivity contribution in [1.29, 1.82) is 0 Å². The molecule has 0 saturated carbocycles. The van der Waals surface area contributed by atoms with Gasteiger partial charge in [-0.2, -0.15) is 0 Å². The Morgan fingerprint density at radius 1 is 1.19 bits per heavy atom. The molecule has 0 atom stereocenters. The number of carbonyl (C=O) groups excluding carboxylic acids is 1. The first-order valence-electron chi connectivity index (χ1n) is 8.83. The highest BCUT2D eigenvalue weighted by molar-refractivity contribution is 7.16. The quantitative estimate of drug-likeness (QED) is 0.768. The number of amides is 1. The van der Waals surface area contributed by atoms with Crippen molar-refractivity contribution in [2.75, 3.05) is 26.2 Å². The van der Waals surface area contributed by atoms with E-state index >= 15 is 0 Å². The van der Waals surface area contributed by atoms with Crippen LogP contribution in [0, 0.1) is 0 Å². The molecular weight excluding hydrogens is 386 g/mol. The fourth-order valence-corrected chi connectivity index (χ4v) is 4.12. The molecule has 1 saturated heterocycles. The third-order valence-corrected chi connectivity index (χ3v) is 5.54. The van der Waals surface area contributed by atoms with Gasteiger partial charge in [0.15, 0.2) is 0 Å². The molecule has 3 rings (SSSR count). The molecule has 0 aromatic carbocycles. The number of carboxylic acid groups (broad SMARTS) is 1. The number of thiophene rings is 1. The molecule has 146 valence electrons. The third-order valence-electron chi connectivity index (χ3n) is 4.33. The van der Waals surface area contributed by atoms with Crippen LogP contribution in [0.1, 0.15) is 23.3 Å². The average molecular weight is 410 g/mol. The molecule has 0 spiro atoms. The van der Waals surface area contributed by atoms with Crippen LogP contribution in [0.2, 0.25) is 4.34 Å². The first-order chi connectivity index (χ1) is 13.1. The second kappa shape index (κ2) is 11.7. The minimum absolute atomic E-state index is 0.250. The summed E-state index contributed by atoms with van der Waals surface area (Å²) in [6.45, 7) is 4.31. The van der Waals surface area contributed by atoms with E-state index in [1.807, 2.05) is 23.1 Å². The Balaban J connectivity index is 0.000000817. The van der Waals surface area contributed by atoms with Crippen LogP contribution in [0.4, 0.5) is 0 Å². The van der Waals surface area contributed by atoms with Gasteiger partial charge in [-0.05, 0) is 42.7 Å². The Morgan fingerprint density at radius 2 is 1.93 bits per heavy atom.